The van der Waals surface area contributed by atoms with Crippen molar-refractivity contribution in [1.29, 1.82) is 0 Å². The molecule has 10 N–H and O–H groups in total. The molecule has 0 aliphatic rings. The number of aliphatic hydroxyl groups excluding tert-OH is 10. The van der Waals surface area contributed by atoms with Gasteiger partial charge in [-0.25, -0.2) is 0 Å². The molecule has 15 heteroatoms. The van der Waals surface area contributed by atoms with Crippen molar-refractivity contribution in [3.8, 4) is 0 Å². The van der Waals surface area contributed by atoms with Crippen molar-refractivity contribution in [1.82, 2.24) is 0 Å². The molecule has 0 bridgehead atoms. The Balaban J connectivity index is -0.000000383. The van der Waals surface area contributed by atoms with E-state index >= 15 is 0 Å². The standard InChI is InChI=1S/C8H20O3P2.C4H12ClO4P.C3H9O3P/c1-2-12(6-9)4-3-5-13(7-10)8-11;5-10(1-6,2-7,3-8)4-9;4-1-7(2-5)3-6/h9-11H,2-8H2,1H3;6-9H,1-4H2;4-6H,1-3H2. The van der Waals surface area contributed by atoms with Crippen molar-refractivity contribution in [3.63, 3.8) is 0 Å². The first-order chi connectivity index (χ1) is 14.2. The summed E-state index contributed by atoms with van der Waals surface area (Å²) in [5.74, 6) is -3.46. The van der Waals surface area contributed by atoms with Crippen molar-refractivity contribution < 1.29 is 51.1 Å². The zero-order valence-corrected chi connectivity index (χ0v) is 21.9. The molecule has 188 valence electrons. The second kappa shape index (κ2) is 22.4. The summed E-state index contributed by atoms with van der Waals surface area (Å²) in [5.41, 5.74) is 0. The van der Waals surface area contributed by atoms with E-state index in [1.807, 2.05) is 0 Å². The summed E-state index contributed by atoms with van der Waals surface area (Å²) in [6.45, 7) is 2.10. The van der Waals surface area contributed by atoms with Crippen LogP contribution >= 0.6 is 41.0 Å². The molecule has 0 spiro atoms. The normalized spacial score (nSPS) is 13.7. The molecule has 0 aromatic heterocycles. The molecule has 0 saturated heterocycles. The minimum atomic E-state index is -3.46. The Morgan fingerprint density at radius 3 is 1.00 bits per heavy atom. The van der Waals surface area contributed by atoms with Gasteiger partial charge in [-0.05, 0) is 32.8 Å². The Labute approximate surface area is 187 Å². The molecule has 10 nitrogen and oxygen atoms in total. The van der Waals surface area contributed by atoms with Crippen LogP contribution in [0.1, 0.15) is 13.3 Å². The van der Waals surface area contributed by atoms with Crippen LogP contribution in [0.4, 0.5) is 0 Å². The summed E-state index contributed by atoms with van der Waals surface area (Å²) < 4.78 is 0. The SMILES string of the molecule is CCP(CO)CCCP(CO)CO.OCP(CO)CO.OCP(Cl)(CO)(CO)CO. The molecule has 1 unspecified atom stereocenters. The van der Waals surface area contributed by atoms with Gasteiger partial charge in [0.15, 0.2) is 0 Å². The Morgan fingerprint density at radius 2 is 0.833 bits per heavy atom. The van der Waals surface area contributed by atoms with E-state index in [2.05, 4.69) is 6.92 Å². The van der Waals surface area contributed by atoms with Crippen LogP contribution in [0.3, 0.4) is 0 Å². The van der Waals surface area contributed by atoms with Gasteiger partial charge in [-0.3, -0.25) is 0 Å². The minimum absolute atomic E-state index is 0.0810. The van der Waals surface area contributed by atoms with Crippen molar-refractivity contribution in [2.75, 3.05) is 82.0 Å². The average Bonchev–Trinajstić information content (AvgIpc) is 2.81. The van der Waals surface area contributed by atoms with E-state index in [1.54, 1.807) is 0 Å². The number of halogens is 1. The maximum atomic E-state index is 8.94. The third-order valence-electron chi connectivity index (χ3n) is 4.01. The third-order valence-corrected chi connectivity index (χ3v) is 13.3. The van der Waals surface area contributed by atoms with E-state index in [1.165, 1.54) is 0 Å². The molecule has 0 amide bonds. The predicted molar refractivity (Wildman–Crippen MR) is 129 cm³/mol. The van der Waals surface area contributed by atoms with Crippen LogP contribution in [0.5, 0.6) is 0 Å². The molecular formula is C15H41ClO10P4. The zero-order chi connectivity index (χ0) is 24.1. The van der Waals surface area contributed by atoms with Crippen LogP contribution in [0.25, 0.3) is 0 Å². The van der Waals surface area contributed by atoms with Gasteiger partial charge in [-0.2, -0.15) is 0 Å². The van der Waals surface area contributed by atoms with Gasteiger partial charge in [0.1, 0.15) is 0 Å². The molecule has 0 aliphatic heterocycles. The molecule has 0 heterocycles. The Kier molecular flexibility index (Phi) is 27.0. The molecule has 30 heavy (non-hydrogen) atoms. The Bertz CT molecular complexity index is 319. The number of hydrogen-bond acceptors (Lipinski definition) is 10. The average molecular weight is 541 g/mol. The van der Waals surface area contributed by atoms with Gasteiger partial charge in [0.2, 0.25) is 0 Å². The molecule has 0 saturated carbocycles. The fourth-order valence-electron chi connectivity index (χ4n) is 1.44. The first-order valence-electron chi connectivity index (χ1n) is 9.15. The first-order valence-corrected chi connectivity index (χ1v) is 18.7. The molecule has 0 fully saturated rings. The first kappa shape index (κ1) is 36.2. The van der Waals surface area contributed by atoms with E-state index < -0.39 is 47.2 Å². The van der Waals surface area contributed by atoms with Gasteiger partial charge in [0.25, 0.3) is 0 Å². The van der Waals surface area contributed by atoms with E-state index in [0.29, 0.717) is 6.35 Å². The van der Waals surface area contributed by atoms with Gasteiger partial charge >= 0.3 is 63.0 Å². The Hall–Kier alpha value is 1.61. The van der Waals surface area contributed by atoms with Crippen LogP contribution in [0.15, 0.2) is 0 Å². The number of hydrogen-bond donors (Lipinski definition) is 10. The maximum absolute atomic E-state index is 8.94. The van der Waals surface area contributed by atoms with E-state index in [4.69, 9.17) is 62.3 Å². The molecular weight excluding hydrogens is 500 g/mol. The number of aliphatic hydroxyl groups is 10. The summed E-state index contributed by atoms with van der Waals surface area (Å²) in [5, 5.41) is 86.0. The summed E-state index contributed by atoms with van der Waals surface area (Å²) in [6.07, 6.45) is 2.27. The van der Waals surface area contributed by atoms with Crippen LogP contribution in [0, 0.1) is 0 Å². The van der Waals surface area contributed by atoms with E-state index in [9.17, 15) is 0 Å². The monoisotopic (exact) mass is 540 g/mol. The third kappa shape index (κ3) is 17.1. The van der Waals surface area contributed by atoms with Gasteiger partial charge in [-0.15, -0.1) is 0 Å². The quantitative estimate of drug-likeness (QED) is 0.126. The summed E-state index contributed by atoms with van der Waals surface area (Å²) in [6, 6.07) is 0. The van der Waals surface area contributed by atoms with Gasteiger partial charge in [0.05, 0.1) is 38.1 Å². The van der Waals surface area contributed by atoms with Crippen LogP contribution < -0.4 is 0 Å². The molecule has 0 aromatic rings. The second-order valence-corrected chi connectivity index (χ2v) is 21.3. The number of rotatable bonds is 15. The van der Waals surface area contributed by atoms with Crippen molar-refractivity contribution in [3.05, 3.63) is 0 Å². The topological polar surface area (TPSA) is 202 Å². The van der Waals surface area contributed by atoms with Crippen molar-refractivity contribution in [2.24, 2.45) is 0 Å². The zero-order valence-electron chi connectivity index (χ0n) is 17.5. The fraction of sp³-hybridized carbons (Fsp3) is 1.00. The van der Waals surface area contributed by atoms with E-state index in [-0.39, 0.29) is 39.7 Å². The van der Waals surface area contributed by atoms with Crippen LogP contribution in [-0.4, -0.2) is 133 Å². The molecule has 0 rings (SSSR count). The van der Waals surface area contributed by atoms with Crippen molar-refractivity contribution >= 4 is 41.0 Å². The summed E-state index contributed by atoms with van der Waals surface area (Å²) in [7, 11) is -1.64. The van der Waals surface area contributed by atoms with Gasteiger partial charge in [-0.1, -0.05) is 22.8 Å². The van der Waals surface area contributed by atoms with Gasteiger partial charge in [0, 0.05) is 0 Å². The van der Waals surface area contributed by atoms with Crippen LogP contribution in [-0.2, 0) is 0 Å². The fourth-order valence-corrected chi connectivity index (χ4v) is 4.73. The predicted octanol–water partition coefficient (Wildman–Crippen LogP) is 0.0200. The Morgan fingerprint density at radius 1 is 0.533 bits per heavy atom. The van der Waals surface area contributed by atoms with E-state index in [0.717, 1.165) is 24.9 Å². The molecule has 0 aromatic carbocycles. The molecule has 1 atom stereocenters. The molecule has 0 aliphatic carbocycles. The molecule has 0 radical (unpaired) electrons. The van der Waals surface area contributed by atoms with Crippen molar-refractivity contribution in [2.45, 2.75) is 13.3 Å². The summed E-state index contributed by atoms with van der Waals surface area (Å²) >= 11 is 5.67. The second-order valence-electron chi connectivity index (χ2n) is 6.36. The van der Waals surface area contributed by atoms with Crippen LogP contribution in [0.2, 0.25) is 0 Å². The van der Waals surface area contributed by atoms with Gasteiger partial charge < -0.3 is 30.6 Å². The summed E-state index contributed by atoms with van der Waals surface area (Å²) in [4.78, 5) is 0.